The lowest BCUT2D eigenvalue weighted by Crippen LogP contribution is -2.05. The molecule has 0 aliphatic rings. The maximum absolute atomic E-state index is 11.1. The molecule has 19 heavy (non-hydrogen) atoms. The fourth-order valence-electron chi connectivity index (χ4n) is 1.77. The van der Waals surface area contributed by atoms with Crippen molar-refractivity contribution in [3.8, 4) is 0 Å². The van der Waals surface area contributed by atoms with Gasteiger partial charge in [-0.3, -0.25) is 10.1 Å². The molecule has 7 heteroatoms. The van der Waals surface area contributed by atoms with E-state index < -0.39 is 4.92 Å². The van der Waals surface area contributed by atoms with Crippen LogP contribution in [0.1, 0.15) is 11.5 Å². The third-order valence-electron chi connectivity index (χ3n) is 2.62. The van der Waals surface area contributed by atoms with Gasteiger partial charge in [-0.05, 0) is 19.1 Å². The Morgan fingerprint density at radius 3 is 2.74 bits per heavy atom. The second kappa shape index (κ2) is 5.38. The molecule has 1 heterocycles. The smallest absolute Gasteiger partial charge is 0.315 e. The number of hydrogen-bond donors (Lipinski definition) is 2. The minimum absolute atomic E-state index is 0.0187. The summed E-state index contributed by atoms with van der Waals surface area (Å²) in [5.41, 5.74) is 1.62. The van der Waals surface area contributed by atoms with E-state index in [9.17, 15) is 10.1 Å². The molecule has 0 atom stereocenters. The number of aryl methyl sites for hydroxylation is 1. The van der Waals surface area contributed by atoms with Crippen molar-refractivity contribution in [1.82, 2.24) is 5.16 Å². The van der Waals surface area contributed by atoms with Crippen LogP contribution in [0.25, 0.3) is 0 Å². The van der Waals surface area contributed by atoms with Gasteiger partial charge in [-0.1, -0.05) is 11.2 Å². The number of nitro benzene ring substituents is 1. The molecule has 2 aromatic rings. The Kier molecular flexibility index (Phi) is 3.65. The Morgan fingerprint density at radius 1 is 1.42 bits per heavy atom. The van der Waals surface area contributed by atoms with E-state index >= 15 is 0 Å². The van der Waals surface area contributed by atoms with E-state index in [-0.39, 0.29) is 5.69 Å². The average molecular weight is 262 g/mol. The quantitative estimate of drug-likeness (QED) is 0.635. The number of nitrogens with zero attached hydrogens (tertiary/aromatic N) is 2. The zero-order valence-corrected chi connectivity index (χ0v) is 10.6. The van der Waals surface area contributed by atoms with Crippen molar-refractivity contribution in [2.45, 2.75) is 13.5 Å². The summed E-state index contributed by atoms with van der Waals surface area (Å²) >= 11 is 0. The van der Waals surface area contributed by atoms with E-state index in [0.717, 1.165) is 0 Å². The van der Waals surface area contributed by atoms with Crippen LogP contribution in [0.2, 0.25) is 0 Å². The van der Waals surface area contributed by atoms with Gasteiger partial charge < -0.3 is 15.2 Å². The monoisotopic (exact) mass is 262 g/mol. The molecular formula is C12H14N4O3. The Balaban J connectivity index is 2.22. The molecule has 1 aromatic carbocycles. The molecule has 7 nitrogen and oxygen atoms in total. The van der Waals surface area contributed by atoms with Crippen molar-refractivity contribution < 1.29 is 9.45 Å². The Bertz CT molecular complexity index is 594. The molecule has 100 valence electrons. The van der Waals surface area contributed by atoms with Crippen LogP contribution >= 0.6 is 0 Å². The van der Waals surface area contributed by atoms with Gasteiger partial charge in [0, 0.05) is 13.1 Å². The number of hydrogen-bond acceptors (Lipinski definition) is 6. The van der Waals surface area contributed by atoms with Crippen LogP contribution in [0.4, 0.5) is 17.1 Å². The lowest BCUT2D eigenvalue weighted by atomic mass is 10.2. The second-order valence-electron chi connectivity index (χ2n) is 3.99. The molecular weight excluding hydrogens is 248 g/mol. The summed E-state index contributed by atoms with van der Waals surface area (Å²) in [5, 5.41) is 20.7. The molecule has 0 spiro atoms. The fraction of sp³-hybridized carbons (Fsp3) is 0.250. The number of nitro groups is 1. The van der Waals surface area contributed by atoms with Crippen LogP contribution in [0.3, 0.4) is 0 Å². The Morgan fingerprint density at radius 2 is 2.16 bits per heavy atom. The second-order valence-corrected chi connectivity index (χ2v) is 3.99. The van der Waals surface area contributed by atoms with Crippen molar-refractivity contribution in [2.75, 3.05) is 17.7 Å². The maximum Gasteiger partial charge on any atom is 0.315 e. The van der Waals surface area contributed by atoms with Gasteiger partial charge in [0.2, 0.25) is 0 Å². The van der Waals surface area contributed by atoms with Gasteiger partial charge in [-0.2, -0.15) is 0 Å². The summed E-state index contributed by atoms with van der Waals surface area (Å²) in [4.78, 5) is 10.7. The molecule has 0 saturated carbocycles. The topological polar surface area (TPSA) is 93.2 Å². The van der Waals surface area contributed by atoms with Crippen LogP contribution in [-0.2, 0) is 6.54 Å². The number of para-hydroxylation sites is 1. The molecule has 0 bridgehead atoms. The first-order valence-corrected chi connectivity index (χ1v) is 5.73. The van der Waals surface area contributed by atoms with Gasteiger partial charge in [0.25, 0.3) is 0 Å². The number of nitrogens with one attached hydrogen (secondary N) is 2. The number of benzene rings is 1. The van der Waals surface area contributed by atoms with Crippen LogP contribution in [0.15, 0.2) is 28.8 Å². The molecule has 2 N–H and O–H groups in total. The third kappa shape index (κ3) is 2.82. The zero-order valence-electron chi connectivity index (χ0n) is 10.6. The van der Waals surface area contributed by atoms with Crippen molar-refractivity contribution in [2.24, 2.45) is 0 Å². The molecule has 0 aliphatic carbocycles. The summed E-state index contributed by atoms with van der Waals surface area (Å²) < 4.78 is 4.94. The van der Waals surface area contributed by atoms with Gasteiger partial charge in [-0.15, -0.1) is 0 Å². The summed E-state index contributed by atoms with van der Waals surface area (Å²) in [6, 6.07) is 6.84. The van der Waals surface area contributed by atoms with E-state index in [1.54, 1.807) is 38.2 Å². The molecule has 0 radical (unpaired) electrons. The SMILES string of the molecule is CNc1cccc(NCc2cc(C)on2)c1[N+](=O)[O-]. The fourth-order valence-corrected chi connectivity index (χ4v) is 1.77. The molecule has 1 aromatic heterocycles. The highest BCUT2D eigenvalue weighted by Gasteiger charge is 2.18. The summed E-state index contributed by atoms with van der Waals surface area (Å²) in [5.74, 6) is 0.704. The first-order valence-electron chi connectivity index (χ1n) is 5.73. The first-order chi connectivity index (χ1) is 9.11. The number of anilines is 2. The molecule has 2 rings (SSSR count). The summed E-state index contributed by atoms with van der Waals surface area (Å²) in [6.07, 6.45) is 0. The number of aromatic nitrogens is 1. The third-order valence-corrected chi connectivity index (χ3v) is 2.62. The predicted octanol–water partition coefficient (Wildman–Crippen LogP) is 2.55. The minimum Gasteiger partial charge on any atom is -0.382 e. The molecule has 0 amide bonds. The average Bonchev–Trinajstić information content (AvgIpc) is 2.81. The van der Waals surface area contributed by atoms with Crippen LogP contribution in [0, 0.1) is 17.0 Å². The standard InChI is InChI=1S/C12H14N4O3/c1-8-6-9(15-19-8)7-14-11-5-3-4-10(13-2)12(11)16(17)18/h3-6,13-14H,7H2,1-2H3. The van der Waals surface area contributed by atoms with Gasteiger partial charge in [0.1, 0.15) is 22.8 Å². The first kappa shape index (κ1) is 12.9. The van der Waals surface area contributed by atoms with Gasteiger partial charge in [0.15, 0.2) is 0 Å². The van der Waals surface area contributed by atoms with Crippen molar-refractivity contribution >= 4 is 17.1 Å². The van der Waals surface area contributed by atoms with E-state index in [1.807, 2.05) is 0 Å². The van der Waals surface area contributed by atoms with Crippen molar-refractivity contribution in [1.29, 1.82) is 0 Å². The van der Waals surface area contributed by atoms with E-state index in [0.29, 0.717) is 29.4 Å². The zero-order chi connectivity index (χ0) is 13.8. The minimum atomic E-state index is -0.414. The Labute approximate surface area is 109 Å². The normalized spacial score (nSPS) is 10.2. The van der Waals surface area contributed by atoms with Crippen LogP contribution in [0.5, 0.6) is 0 Å². The van der Waals surface area contributed by atoms with Crippen molar-refractivity contribution in [3.05, 3.63) is 45.8 Å². The highest BCUT2D eigenvalue weighted by atomic mass is 16.6. The summed E-state index contributed by atoms with van der Waals surface area (Å²) in [7, 11) is 1.65. The van der Waals surface area contributed by atoms with Crippen molar-refractivity contribution in [3.63, 3.8) is 0 Å². The molecule has 0 unspecified atom stereocenters. The number of rotatable bonds is 5. The largest absolute Gasteiger partial charge is 0.382 e. The van der Waals surface area contributed by atoms with Crippen LogP contribution in [-0.4, -0.2) is 17.1 Å². The highest BCUT2D eigenvalue weighted by molar-refractivity contribution is 5.75. The molecule has 0 fully saturated rings. The van der Waals surface area contributed by atoms with Gasteiger partial charge in [0.05, 0.1) is 11.5 Å². The van der Waals surface area contributed by atoms with E-state index in [1.165, 1.54) is 0 Å². The Hall–Kier alpha value is -2.57. The van der Waals surface area contributed by atoms with Gasteiger partial charge >= 0.3 is 5.69 Å². The molecule has 0 saturated heterocycles. The lowest BCUT2D eigenvalue weighted by Gasteiger charge is -2.08. The van der Waals surface area contributed by atoms with Gasteiger partial charge in [-0.25, -0.2) is 0 Å². The molecule has 0 aliphatic heterocycles. The lowest BCUT2D eigenvalue weighted by molar-refractivity contribution is -0.383. The van der Waals surface area contributed by atoms with E-state index in [4.69, 9.17) is 4.52 Å². The van der Waals surface area contributed by atoms with Crippen LogP contribution < -0.4 is 10.6 Å². The predicted molar refractivity (Wildman–Crippen MR) is 71.2 cm³/mol. The van der Waals surface area contributed by atoms with E-state index in [2.05, 4.69) is 15.8 Å². The highest BCUT2D eigenvalue weighted by Crippen LogP contribution is 2.32. The maximum atomic E-state index is 11.1. The summed E-state index contributed by atoms with van der Waals surface area (Å²) in [6.45, 7) is 2.16.